The summed E-state index contributed by atoms with van der Waals surface area (Å²) in [4.78, 5) is 3.87. The molecule has 0 fully saturated rings. The maximum absolute atomic E-state index is 9.59. The molecule has 5 nitrogen and oxygen atoms in total. The van der Waals surface area contributed by atoms with Gasteiger partial charge < -0.3 is 14.9 Å². The lowest BCUT2D eigenvalue weighted by molar-refractivity contribution is -0.253. The first-order valence-electron chi connectivity index (χ1n) is 5.01. The first-order chi connectivity index (χ1) is 7.79. The molecule has 0 aliphatic rings. The van der Waals surface area contributed by atoms with Crippen LogP contribution in [0.4, 0.5) is 0 Å². The van der Waals surface area contributed by atoms with Crippen molar-refractivity contribution in [3.8, 4) is 0 Å². The van der Waals surface area contributed by atoms with Gasteiger partial charge >= 0.3 is 0 Å². The fourth-order valence-corrected chi connectivity index (χ4v) is 1.38. The first kappa shape index (κ1) is 13.1. The Labute approximate surface area is 93.8 Å². The summed E-state index contributed by atoms with van der Waals surface area (Å²) in [6.45, 7) is -0.242. The van der Waals surface area contributed by atoms with E-state index >= 15 is 0 Å². The van der Waals surface area contributed by atoms with Crippen molar-refractivity contribution in [1.29, 1.82) is 0 Å². The molecular weight excluding hydrogens is 212 g/mol. The minimum atomic E-state index is -0.999. The molecule has 0 spiro atoms. The second-order valence-electron chi connectivity index (χ2n) is 3.29. The molecular formula is C11H16O5. The van der Waals surface area contributed by atoms with Gasteiger partial charge in [-0.05, 0) is 5.56 Å². The number of aliphatic hydroxyl groups excluding tert-OH is 2. The molecule has 3 N–H and O–H groups in total. The topological polar surface area (TPSA) is 79.2 Å². The third-order valence-corrected chi connectivity index (χ3v) is 2.14. The van der Waals surface area contributed by atoms with E-state index in [2.05, 4.69) is 4.89 Å². The molecule has 0 aromatic heterocycles. The second kappa shape index (κ2) is 7.32. The molecule has 0 aliphatic heterocycles. The van der Waals surface area contributed by atoms with Crippen LogP contribution in [0.1, 0.15) is 11.7 Å². The number of aliphatic hydroxyl groups is 2. The Morgan fingerprint density at radius 1 is 1.12 bits per heavy atom. The Balaban J connectivity index is 2.64. The molecule has 0 radical (unpaired) electrons. The van der Waals surface area contributed by atoms with E-state index in [9.17, 15) is 5.11 Å². The van der Waals surface area contributed by atoms with E-state index in [1.807, 2.05) is 18.2 Å². The maximum atomic E-state index is 9.59. The Hall–Kier alpha value is -0.980. The van der Waals surface area contributed by atoms with Crippen LogP contribution >= 0.6 is 0 Å². The summed E-state index contributed by atoms with van der Waals surface area (Å²) in [5, 5.41) is 26.7. The van der Waals surface area contributed by atoms with Crippen molar-refractivity contribution in [2.24, 2.45) is 0 Å². The van der Waals surface area contributed by atoms with Crippen LogP contribution in [0.15, 0.2) is 30.3 Å². The highest BCUT2D eigenvalue weighted by molar-refractivity contribution is 5.18. The van der Waals surface area contributed by atoms with Gasteiger partial charge in [-0.2, -0.15) is 0 Å². The maximum Gasteiger partial charge on any atom is 0.111 e. The molecule has 0 aliphatic carbocycles. The smallest absolute Gasteiger partial charge is 0.111 e. The molecule has 5 heteroatoms. The molecule has 2 atom stereocenters. The van der Waals surface area contributed by atoms with Crippen molar-refractivity contribution in [2.45, 2.75) is 12.2 Å². The van der Waals surface area contributed by atoms with Gasteiger partial charge in [0.1, 0.15) is 18.8 Å². The standard InChI is InChI=1S/C11H16O5/c12-8-10(13)11(15-6-7-16-14)9-4-2-1-3-5-9/h1-5,10-14H,6-8H2. The third kappa shape index (κ3) is 3.88. The van der Waals surface area contributed by atoms with E-state index in [0.29, 0.717) is 0 Å². The summed E-state index contributed by atoms with van der Waals surface area (Å²) in [5.74, 6) is 0. The van der Waals surface area contributed by atoms with Gasteiger partial charge in [-0.3, -0.25) is 5.26 Å². The third-order valence-electron chi connectivity index (χ3n) is 2.14. The second-order valence-corrected chi connectivity index (χ2v) is 3.29. The van der Waals surface area contributed by atoms with E-state index in [4.69, 9.17) is 15.1 Å². The zero-order valence-corrected chi connectivity index (χ0v) is 8.82. The Kier molecular flexibility index (Phi) is 5.99. The molecule has 0 bridgehead atoms. The normalized spacial score (nSPS) is 14.7. The van der Waals surface area contributed by atoms with Gasteiger partial charge in [-0.1, -0.05) is 30.3 Å². The zero-order valence-electron chi connectivity index (χ0n) is 8.82. The van der Waals surface area contributed by atoms with Gasteiger partial charge in [0.2, 0.25) is 0 Å². The minimum absolute atomic E-state index is 0.0154. The van der Waals surface area contributed by atoms with Crippen LogP contribution in [0.5, 0.6) is 0 Å². The molecule has 1 aromatic carbocycles. The summed E-state index contributed by atoms with van der Waals surface area (Å²) in [7, 11) is 0. The summed E-state index contributed by atoms with van der Waals surface area (Å²) in [6, 6.07) is 9.08. The molecule has 1 aromatic rings. The van der Waals surface area contributed by atoms with Crippen molar-refractivity contribution in [2.75, 3.05) is 19.8 Å². The molecule has 0 saturated heterocycles. The van der Waals surface area contributed by atoms with Crippen LogP contribution in [-0.2, 0) is 9.62 Å². The number of rotatable bonds is 7. The Morgan fingerprint density at radius 2 is 1.81 bits per heavy atom. The van der Waals surface area contributed by atoms with Gasteiger partial charge in [0.05, 0.1) is 13.2 Å². The summed E-state index contributed by atoms with van der Waals surface area (Å²) < 4.78 is 5.33. The number of hydrogen-bond donors (Lipinski definition) is 3. The van der Waals surface area contributed by atoms with Crippen LogP contribution < -0.4 is 0 Å². The molecule has 1 rings (SSSR count). The highest BCUT2D eigenvalue weighted by Gasteiger charge is 2.20. The Morgan fingerprint density at radius 3 is 2.38 bits per heavy atom. The van der Waals surface area contributed by atoms with Crippen molar-refractivity contribution in [1.82, 2.24) is 0 Å². The molecule has 0 saturated carbocycles. The van der Waals surface area contributed by atoms with Crippen molar-refractivity contribution in [3.63, 3.8) is 0 Å². The highest BCUT2D eigenvalue weighted by Crippen LogP contribution is 2.20. The lowest BCUT2D eigenvalue weighted by Crippen LogP contribution is -2.26. The van der Waals surface area contributed by atoms with E-state index < -0.39 is 12.2 Å². The lowest BCUT2D eigenvalue weighted by Gasteiger charge is -2.22. The quantitative estimate of drug-likeness (QED) is 0.361. The minimum Gasteiger partial charge on any atom is -0.394 e. The molecule has 2 unspecified atom stereocenters. The van der Waals surface area contributed by atoms with Crippen LogP contribution in [0, 0.1) is 0 Å². The Bertz CT molecular complexity index is 277. The molecule has 0 amide bonds. The fourth-order valence-electron chi connectivity index (χ4n) is 1.38. The fraction of sp³-hybridized carbons (Fsp3) is 0.455. The average Bonchev–Trinajstić information content (AvgIpc) is 2.35. The first-order valence-corrected chi connectivity index (χ1v) is 5.01. The predicted molar refractivity (Wildman–Crippen MR) is 56.8 cm³/mol. The van der Waals surface area contributed by atoms with Gasteiger partial charge in [0, 0.05) is 0 Å². The van der Waals surface area contributed by atoms with E-state index in [0.717, 1.165) is 5.56 Å². The van der Waals surface area contributed by atoms with E-state index in [1.165, 1.54) is 0 Å². The number of hydrogen-bond acceptors (Lipinski definition) is 5. The van der Waals surface area contributed by atoms with Crippen LogP contribution in [-0.4, -0.2) is 41.4 Å². The van der Waals surface area contributed by atoms with E-state index in [1.54, 1.807) is 12.1 Å². The highest BCUT2D eigenvalue weighted by atomic mass is 17.1. The summed E-state index contributed by atoms with van der Waals surface area (Å²) in [6.07, 6.45) is -1.62. The monoisotopic (exact) mass is 228 g/mol. The van der Waals surface area contributed by atoms with Gasteiger partial charge in [0.25, 0.3) is 0 Å². The van der Waals surface area contributed by atoms with Gasteiger partial charge in [0.15, 0.2) is 0 Å². The zero-order chi connectivity index (χ0) is 11.8. The molecule has 90 valence electrons. The molecule has 16 heavy (non-hydrogen) atoms. The SMILES string of the molecule is OCC(O)C(OCCOO)c1ccccc1. The predicted octanol–water partition coefficient (Wildman–Crippen LogP) is 0.587. The van der Waals surface area contributed by atoms with Crippen molar-refractivity contribution in [3.05, 3.63) is 35.9 Å². The lowest BCUT2D eigenvalue weighted by atomic mass is 10.0. The van der Waals surface area contributed by atoms with Crippen molar-refractivity contribution < 1.29 is 25.1 Å². The van der Waals surface area contributed by atoms with E-state index in [-0.39, 0.29) is 19.8 Å². The largest absolute Gasteiger partial charge is 0.394 e. The van der Waals surface area contributed by atoms with Crippen LogP contribution in [0.3, 0.4) is 0 Å². The van der Waals surface area contributed by atoms with Gasteiger partial charge in [-0.25, -0.2) is 4.89 Å². The summed E-state index contributed by atoms with van der Waals surface area (Å²) >= 11 is 0. The number of ether oxygens (including phenoxy) is 1. The van der Waals surface area contributed by atoms with Crippen LogP contribution in [0.2, 0.25) is 0 Å². The number of benzene rings is 1. The van der Waals surface area contributed by atoms with Gasteiger partial charge in [-0.15, -0.1) is 0 Å². The molecule has 0 heterocycles. The summed E-state index contributed by atoms with van der Waals surface area (Å²) in [5.41, 5.74) is 0.766. The van der Waals surface area contributed by atoms with Crippen LogP contribution in [0.25, 0.3) is 0 Å². The van der Waals surface area contributed by atoms with Crippen molar-refractivity contribution >= 4 is 0 Å². The average molecular weight is 228 g/mol.